The van der Waals surface area contributed by atoms with E-state index in [2.05, 4.69) is 9.97 Å². The molecule has 3 rings (SSSR count). The van der Waals surface area contributed by atoms with E-state index in [4.69, 9.17) is 0 Å². The molecule has 3 amide bonds. The highest BCUT2D eigenvalue weighted by molar-refractivity contribution is 6.35. The third-order valence-electron chi connectivity index (χ3n) is 5.20. The average molecular weight is 409 g/mol. The van der Waals surface area contributed by atoms with E-state index in [1.807, 2.05) is 37.3 Å². The lowest BCUT2D eigenvalue weighted by molar-refractivity contribution is -0.161. The van der Waals surface area contributed by atoms with Crippen LogP contribution in [0, 0.1) is 0 Å². The number of aromatic nitrogens is 2. The molecule has 1 aromatic carbocycles. The maximum atomic E-state index is 13.4. The Balaban J connectivity index is 1.84. The topological polar surface area (TPSA) is 86.7 Å². The van der Waals surface area contributed by atoms with Gasteiger partial charge in [0.05, 0.1) is 12.2 Å². The number of benzene rings is 1. The molecule has 0 N–H and O–H groups in total. The Morgan fingerprint density at radius 2 is 1.90 bits per heavy atom. The summed E-state index contributed by atoms with van der Waals surface area (Å²) < 4.78 is 0. The normalized spacial score (nSPS) is 15.3. The number of unbranched alkanes of at least 4 members (excludes halogenated alkanes) is 1. The molecule has 8 nitrogen and oxygen atoms in total. The predicted octanol–water partition coefficient (Wildman–Crippen LogP) is 1.65. The van der Waals surface area contributed by atoms with Gasteiger partial charge in [-0.05, 0) is 18.1 Å². The molecule has 30 heavy (non-hydrogen) atoms. The minimum atomic E-state index is -0.859. The van der Waals surface area contributed by atoms with Crippen LogP contribution in [0.2, 0.25) is 0 Å². The standard InChI is InChI=1S/C22H27N5O3/c1-3-4-12-26-13-14-27(22(30)21(26)29)19(17-8-6-5-7-9-17)20(28)25(2)15-18-10-11-23-16-24-18/h5-11,16,19H,3-4,12-15H2,1-2H3. The maximum Gasteiger partial charge on any atom is 0.313 e. The van der Waals surface area contributed by atoms with Crippen LogP contribution in [0.3, 0.4) is 0 Å². The molecule has 0 saturated carbocycles. The van der Waals surface area contributed by atoms with E-state index in [1.54, 1.807) is 24.2 Å². The van der Waals surface area contributed by atoms with Gasteiger partial charge in [-0.2, -0.15) is 0 Å². The zero-order valence-corrected chi connectivity index (χ0v) is 17.4. The molecular weight excluding hydrogens is 382 g/mol. The molecule has 0 bridgehead atoms. The number of carbonyl (C=O) groups is 3. The van der Waals surface area contributed by atoms with Crippen molar-refractivity contribution in [1.82, 2.24) is 24.7 Å². The third kappa shape index (κ3) is 4.82. The Morgan fingerprint density at radius 3 is 2.57 bits per heavy atom. The summed E-state index contributed by atoms with van der Waals surface area (Å²) in [6.45, 7) is 3.63. The van der Waals surface area contributed by atoms with Crippen LogP contribution in [-0.4, -0.2) is 69.1 Å². The van der Waals surface area contributed by atoms with Crippen molar-refractivity contribution in [3.05, 3.63) is 60.2 Å². The number of rotatable bonds is 8. The molecule has 8 heteroatoms. The van der Waals surface area contributed by atoms with Crippen LogP contribution in [0.5, 0.6) is 0 Å². The second-order valence-electron chi connectivity index (χ2n) is 7.35. The largest absolute Gasteiger partial charge is 0.338 e. The summed E-state index contributed by atoms with van der Waals surface area (Å²) in [6, 6.07) is 9.99. The van der Waals surface area contributed by atoms with Crippen LogP contribution in [0.4, 0.5) is 0 Å². The van der Waals surface area contributed by atoms with Crippen molar-refractivity contribution in [1.29, 1.82) is 0 Å². The van der Waals surface area contributed by atoms with E-state index in [1.165, 1.54) is 16.1 Å². The minimum absolute atomic E-state index is 0.261. The van der Waals surface area contributed by atoms with Crippen LogP contribution in [0.1, 0.15) is 37.1 Å². The third-order valence-corrected chi connectivity index (χ3v) is 5.20. The van der Waals surface area contributed by atoms with Gasteiger partial charge in [-0.15, -0.1) is 0 Å². The van der Waals surface area contributed by atoms with Crippen molar-refractivity contribution in [2.24, 2.45) is 0 Å². The predicted molar refractivity (Wildman–Crippen MR) is 111 cm³/mol. The molecule has 158 valence electrons. The van der Waals surface area contributed by atoms with Gasteiger partial charge in [-0.1, -0.05) is 43.7 Å². The van der Waals surface area contributed by atoms with Gasteiger partial charge in [0.1, 0.15) is 12.4 Å². The summed E-state index contributed by atoms with van der Waals surface area (Å²) in [5.41, 5.74) is 1.37. The van der Waals surface area contributed by atoms with Crippen molar-refractivity contribution in [2.45, 2.75) is 32.4 Å². The SMILES string of the molecule is CCCCN1CCN(C(C(=O)N(C)Cc2ccncn2)c2ccccc2)C(=O)C1=O. The van der Waals surface area contributed by atoms with Crippen LogP contribution in [-0.2, 0) is 20.9 Å². The molecule has 0 aliphatic carbocycles. The van der Waals surface area contributed by atoms with Crippen molar-refractivity contribution in [2.75, 3.05) is 26.7 Å². The van der Waals surface area contributed by atoms with Gasteiger partial charge in [0, 0.05) is 32.9 Å². The number of piperazine rings is 1. The highest BCUT2D eigenvalue weighted by Crippen LogP contribution is 2.26. The second-order valence-corrected chi connectivity index (χ2v) is 7.35. The summed E-state index contributed by atoms with van der Waals surface area (Å²) in [4.78, 5) is 51.6. The van der Waals surface area contributed by atoms with Gasteiger partial charge in [-0.25, -0.2) is 9.97 Å². The summed E-state index contributed by atoms with van der Waals surface area (Å²) in [7, 11) is 1.67. The van der Waals surface area contributed by atoms with Crippen LogP contribution in [0.15, 0.2) is 48.9 Å². The van der Waals surface area contributed by atoms with E-state index in [-0.39, 0.29) is 12.5 Å². The first-order valence-electron chi connectivity index (χ1n) is 10.2. The van der Waals surface area contributed by atoms with Crippen LogP contribution in [0.25, 0.3) is 0 Å². The Bertz CT molecular complexity index is 875. The molecule has 2 heterocycles. The first-order chi connectivity index (χ1) is 14.5. The first kappa shape index (κ1) is 21.4. The van der Waals surface area contributed by atoms with Gasteiger partial charge < -0.3 is 14.7 Å². The number of hydrogen-bond donors (Lipinski definition) is 0. The monoisotopic (exact) mass is 409 g/mol. The van der Waals surface area contributed by atoms with E-state index in [0.717, 1.165) is 12.8 Å². The molecule has 0 radical (unpaired) electrons. The van der Waals surface area contributed by atoms with E-state index in [9.17, 15) is 14.4 Å². The zero-order valence-electron chi connectivity index (χ0n) is 17.4. The highest BCUT2D eigenvalue weighted by Gasteiger charge is 2.40. The van der Waals surface area contributed by atoms with Crippen molar-refractivity contribution in [3.8, 4) is 0 Å². The molecule has 1 atom stereocenters. The van der Waals surface area contributed by atoms with Crippen molar-refractivity contribution in [3.63, 3.8) is 0 Å². The molecule has 2 aromatic rings. The first-order valence-corrected chi connectivity index (χ1v) is 10.2. The van der Waals surface area contributed by atoms with Gasteiger partial charge in [0.15, 0.2) is 0 Å². The molecule has 1 fully saturated rings. The number of likely N-dealkylation sites (N-methyl/N-ethyl adjacent to an activating group) is 1. The summed E-state index contributed by atoms with van der Waals surface area (Å²) in [5.74, 6) is -1.43. The fourth-order valence-corrected chi connectivity index (χ4v) is 3.53. The average Bonchev–Trinajstić information content (AvgIpc) is 2.77. The van der Waals surface area contributed by atoms with Crippen molar-refractivity contribution < 1.29 is 14.4 Å². The summed E-state index contributed by atoms with van der Waals surface area (Å²) in [5, 5.41) is 0. The van der Waals surface area contributed by atoms with Gasteiger partial charge in [-0.3, -0.25) is 14.4 Å². The number of hydrogen-bond acceptors (Lipinski definition) is 5. The Morgan fingerprint density at radius 1 is 1.13 bits per heavy atom. The lowest BCUT2D eigenvalue weighted by Crippen LogP contribution is -2.57. The molecule has 1 unspecified atom stereocenters. The molecule has 1 aromatic heterocycles. The van der Waals surface area contributed by atoms with Crippen LogP contribution < -0.4 is 0 Å². The fraction of sp³-hybridized carbons (Fsp3) is 0.409. The lowest BCUT2D eigenvalue weighted by atomic mass is 10.0. The van der Waals surface area contributed by atoms with Gasteiger partial charge in [0.25, 0.3) is 0 Å². The van der Waals surface area contributed by atoms with E-state index < -0.39 is 17.9 Å². The Labute approximate surface area is 176 Å². The summed E-state index contributed by atoms with van der Waals surface area (Å²) in [6.07, 6.45) is 4.84. The molecule has 1 aliphatic rings. The Hall–Kier alpha value is -3.29. The van der Waals surface area contributed by atoms with Crippen molar-refractivity contribution >= 4 is 17.7 Å². The highest BCUT2D eigenvalue weighted by atomic mass is 16.2. The molecular formula is C22H27N5O3. The Kier molecular flexibility index (Phi) is 7.11. The second kappa shape index (κ2) is 9.96. The molecule has 1 aliphatic heterocycles. The maximum absolute atomic E-state index is 13.4. The zero-order chi connectivity index (χ0) is 21.5. The summed E-state index contributed by atoms with van der Waals surface area (Å²) >= 11 is 0. The van der Waals surface area contributed by atoms with E-state index >= 15 is 0 Å². The number of amides is 3. The lowest BCUT2D eigenvalue weighted by Gasteiger charge is -2.39. The quantitative estimate of drug-likeness (QED) is 0.619. The minimum Gasteiger partial charge on any atom is -0.338 e. The van der Waals surface area contributed by atoms with Gasteiger partial charge >= 0.3 is 11.8 Å². The number of nitrogens with zero attached hydrogens (tertiary/aromatic N) is 5. The fourth-order valence-electron chi connectivity index (χ4n) is 3.53. The van der Waals surface area contributed by atoms with E-state index in [0.29, 0.717) is 30.9 Å². The van der Waals surface area contributed by atoms with Crippen LogP contribution >= 0.6 is 0 Å². The molecule has 0 spiro atoms. The smallest absolute Gasteiger partial charge is 0.313 e. The number of carbonyl (C=O) groups excluding carboxylic acids is 3. The molecule has 1 saturated heterocycles. The van der Waals surface area contributed by atoms with Gasteiger partial charge in [0.2, 0.25) is 5.91 Å².